The third-order valence-corrected chi connectivity index (χ3v) is 4.21. The van der Waals surface area contributed by atoms with Crippen molar-refractivity contribution in [2.24, 2.45) is 0 Å². The Labute approximate surface area is 156 Å². The van der Waals surface area contributed by atoms with Gasteiger partial charge in [-0.15, -0.1) is 0 Å². The smallest absolute Gasteiger partial charge is 0.370 e. The number of ether oxygens (including phenoxy) is 1. The molecule has 1 aliphatic rings. The summed E-state index contributed by atoms with van der Waals surface area (Å²) < 4.78 is 40.7. The minimum Gasteiger partial charge on any atom is -0.370 e. The number of nitrogens with zero attached hydrogens (tertiary/aromatic N) is 2. The Hall–Kier alpha value is -2.29. The molecule has 0 aliphatic carbocycles. The van der Waals surface area contributed by atoms with Crippen LogP contribution in [0, 0.1) is 0 Å². The van der Waals surface area contributed by atoms with E-state index in [9.17, 15) is 22.8 Å². The standard InChI is InChI=1S/C18H24F3N3O3/c1-13(11-27-12-18(19,20)21)22-17(26)24-9-7-23(8-10-24)16-5-3-15(4-6-16)14(2)25/h3-6,13H,7-12H2,1-2H3,(H,22,26). The lowest BCUT2D eigenvalue weighted by molar-refractivity contribution is -0.174. The molecular formula is C18H24F3N3O3. The van der Waals surface area contributed by atoms with Crippen molar-refractivity contribution in [2.75, 3.05) is 44.3 Å². The zero-order valence-corrected chi connectivity index (χ0v) is 15.4. The highest BCUT2D eigenvalue weighted by Crippen LogP contribution is 2.18. The molecule has 9 heteroatoms. The van der Waals surface area contributed by atoms with Crippen LogP contribution in [0.2, 0.25) is 0 Å². The number of amides is 2. The van der Waals surface area contributed by atoms with E-state index < -0.39 is 18.8 Å². The molecule has 1 heterocycles. The maximum absolute atomic E-state index is 12.2. The summed E-state index contributed by atoms with van der Waals surface area (Å²) in [7, 11) is 0. The van der Waals surface area contributed by atoms with E-state index in [4.69, 9.17) is 0 Å². The van der Waals surface area contributed by atoms with E-state index in [2.05, 4.69) is 15.0 Å². The van der Waals surface area contributed by atoms with Crippen molar-refractivity contribution in [1.29, 1.82) is 0 Å². The molecule has 1 aromatic carbocycles. The summed E-state index contributed by atoms with van der Waals surface area (Å²) in [6.07, 6.45) is -4.37. The van der Waals surface area contributed by atoms with Gasteiger partial charge in [0.25, 0.3) is 0 Å². The lowest BCUT2D eigenvalue weighted by Crippen LogP contribution is -2.53. The Morgan fingerprint density at radius 2 is 1.74 bits per heavy atom. The third-order valence-electron chi connectivity index (χ3n) is 4.21. The van der Waals surface area contributed by atoms with Gasteiger partial charge in [0.15, 0.2) is 5.78 Å². The van der Waals surface area contributed by atoms with Crippen molar-refractivity contribution in [2.45, 2.75) is 26.1 Å². The Morgan fingerprint density at radius 1 is 1.15 bits per heavy atom. The Bertz CT molecular complexity index is 641. The average molecular weight is 387 g/mol. The maximum Gasteiger partial charge on any atom is 0.411 e. The van der Waals surface area contributed by atoms with E-state index in [0.29, 0.717) is 31.7 Å². The van der Waals surface area contributed by atoms with Gasteiger partial charge in [-0.2, -0.15) is 13.2 Å². The van der Waals surface area contributed by atoms with Gasteiger partial charge < -0.3 is 19.9 Å². The molecule has 0 radical (unpaired) electrons. The summed E-state index contributed by atoms with van der Waals surface area (Å²) in [6.45, 7) is 3.84. The van der Waals surface area contributed by atoms with Gasteiger partial charge in [-0.25, -0.2) is 4.79 Å². The fourth-order valence-corrected chi connectivity index (χ4v) is 2.77. The van der Waals surface area contributed by atoms with Crippen molar-refractivity contribution in [1.82, 2.24) is 10.2 Å². The Balaban J connectivity index is 1.75. The minimum absolute atomic E-state index is 0.0105. The normalized spacial score (nSPS) is 16.2. The molecule has 150 valence electrons. The van der Waals surface area contributed by atoms with Gasteiger partial charge in [0, 0.05) is 37.4 Å². The van der Waals surface area contributed by atoms with E-state index >= 15 is 0 Å². The topological polar surface area (TPSA) is 61.9 Å². The van der Waals surface area contributed by atoms with Crippen LogP contribution in [0.25, 0.3) is 0 Å². The molecular weight excluding hydrogens is 363 g/mol. The van der Waals surface area contributed by atoms with Crippen LogP contribution in [-0.4, -0.2) is 68.3 Å². The van der Waals surface area contributed by atoms with Crippen LogP contribution < -0.4 is 10.2 Å². The van der Waals surface area contributed by atoms with Crippen molar-refractivity contribution in [3.05, 3.63) is 29.8 Å². The number of carbonyl (C=O) groups excluding carboxylic acids is 2. The fourth-order valence-electron chi connectivity index (χ4n) is 2.77. The van der Waals surface area contributed by atoms with Crippen molar-refractivity contribution < 1.29 is 27.5 Å². The van der Waals surface area contributed by atoms with E-state index in [0.717, 1.165) is 5.69 Å². The number of anilines is 1. The highest BCUT2D eigenvalue weighted by atomic mass is 19.4. The van der Waals surface area contributed by atoms with Gasteiger partial charge in [-0.1, -0.05) is 0 Å². The molecule has 0 spiro atoms. The number of alkyl halides is 3. The molecule has 1 atom stereocenters. The molecule has 1 unspecified atom stereocenters. The Morgan fingerprint density at radius 3 is 2.26 bits per heavy atom. The number of hydrogen-bond acceptors (Lipinski definition) is 4. The van der Waals surface area contributed by atoms with Crippen LogP contribution in [0.1, 0.15) is 24.2 Å². The first-order valence-electron chi connectivity index (χ1n) is 8.71. The molecule has 0 bridgehead atoms. The van der Waals surface area contributed by atoms with Crippen LogP contribution in [0.4, 0.5) is 23.7 Å². The van der Waals surface area contributed by atoms with Crippen LogP contribution in [0.15, 0.2) is 24.3 Å². The molecule has 2 amide bonds. The SMILES string of the molecule is CC(=O)c1ccc(N2CCN(C(=O)NC(C)COCC(F)(F)F)CC2)cc1. The predicted molar refractivity (Wildman–Crippen MR) is 95.1 cm³/mol. The molecule has 6 nitrogen and oxygen atoms in total. The number of halogens is 3. The maximum atomic E-state index is 12.2. The summed E-state index contributed by atoms with van der Waals surface area (Å²) >= 11 is 0. The molecule has 0 aromatic heterocycles. The molecule has 2 rings (SSSR count). The summed E-state index contributed by atoms with van der Waals surface area (Å²) in [5.74, 6) is 0.0105. The van der Waals surface area contributed by atoms with Crippen molar-refractivity contribution >= 4 is 17.5 Å². The first-order valence-corrected chi connectivity index (χ1v) is 8.71. The second kappa shape index (κ2) is 9.07. The number of benzene rings is 1. The second-order valence-corrected chi connectivity index (χ2v) is 6.56. The zero-order valence-electron chi connectivity index (χ0n) is 15.4. The number of nitrogens with one attached hydrogen (secondary N) is 1. The number of ketones is 1. The summed E-state index contributed by atoms with van der Waals surface area (Å²) in [6, 6.07) is 6.49. The predicted octanol–water partition coefficient (Wildman–Crippen LogP) is 2.69. The van der Waals surface area contributed by atoms with Crippen LogP contribution >= 0.6 is 0 Å². The number of hydrogen-bond donors (Lipinski definition) is 1. The second-order valence-electron chi connectivity index (χ2n) is 6.56. The largest absolute Gasteiger partial charge is 0.411 e. The number of rotatable bonds is 6. The highest BCUT2D eigenvalue weighted by Gasteiger charge is 2.28. The molecule has 1 N–H and O–H groups in total. The van der Waals surface area contributed by atoms with Crippen molar-refractivity contribution in [3.63, 3.8) is 0 Å². The van der Waals surface area contributed by atoms with Gasteiger partial charge in [-0.3, -0.25) is 4.79 Å². The first-order chi connectivity index (χ1) is 12.7. The summed E-state index contributed by atoms with van der Waals surface area (Å²) in [4.78, 5) is 27.3. The van der Waals surface area contributed by atoms with Gasteiger partial charge in [0.2, 0.25) is 0 Å². The number of urea groups is 1. The lowest BCUT2D eigenvalue weighted by Gasteiger charge is -2.36. The van der Waals surface area contributed by atoms with E-state index in [-0.39, 0.29) is 18.4 Å². The van der Waals surface area contributed by atoms with E-state index in [1.165, 1.54) is 6.92 Å². The number of Topliss-reactive ketones (excluding diaryl/α,β-unsaturated/α-hetero) is 1. The fraction of sp³-hybridized carbons (Fsp3) is 0.556. The minimum atomic E-state index is -4.37. The highest BCUT2D eigenvalue weighted by molar-refractivity contribution is 5.94. The molecule has 1 fully saturated rings. The first kappa shape index (κ1) is 21.0. The molecule has 1 aliphatic heterocycles. The monoisotopic (exact) mass is 387 g/mol. The summed E-state index contributed by atoms with van der Waals surface area (Å²) in [5.41, 5.74) is 1.63. The zero-order chi connectivity index (χ0) is 20.0. The van der Waals surface area contributed by atoms with Gasteiger partial charge in [-0.05, 0) is 38.1 Å². The molecule has 27 heavy (non-hydrogen) atoms. The summed E-state index contributed by atoms with van der Waals surface area (Å²) in [5, 5.41) is 2.65. The average Bonchev–Trinajstić information content (AvgIpc) is 2.60. The van der Waals surface area contributed by atoms with Crippen LogP contribution in [0.5, 0.6) is 0 Å². The number of piperazine rings is 1. The van der Waals surface area contributed by atoms with Crippen molar-refractivity contribution in [3.8, 4) is 0 Å². The molecule has 1 saturated heterocycles. The van der Waals surface area contributed by atoms with Gasteiger partial charge in [0.1, 0.15) is 6.61 Å². The van der Waals surface area contributed by atoms with E-state index in [1.807, 2.05) is 12.1 Å². The number of carbonyl (C=O) groups is 2. The molecule has 0 saturated carbocycles. The Kier molecular flexibility index (Phi) is 7.06. The molecule has 1 aromatic rings. The van der Waals surface area contributed by atoms with E-state index in [1.54, 1.807) is 24.0 Å². The quantitative estimate of drug-likeness (QED) is 0.763. The van der Waals surface area contributed by atoms with Gasteiger partial charge in [0.05, 0.1) is 12.6 Å². The van der Waals surface area contributed by atoms with Crippen LogP contribution in [-0.2, 0) is 4.74 Å². The van der Waals surface area contributed by atoms with Crippen LogP contribution in [0.3, 0.4) is 0 Å². The lowest BCUT2D eigenvalue weighted by atomic mass is 10.1. The van der Waals surface area contributed by atoms with Gasteiger partial charge >= 0.3 is 12.2 Å². The third kappa shape index (κ3) is 6.74.